The van der Waals surface area contributed by atoms with Gasteiger partial charge in [-0.05, 0) is 29.8 Å². The van der Waals surface area contributed by atoms with Crippen LogP contribution in [0.25, 0.3) is 0 Å². The molecule has 104 valence electrons. The Morgan fingerprint density at radius 2 is 1.85 bits per heavy atom. The average Bonchev–Trinajstić information content (AvgIpc) is 2.46. The number of carbonyl (C=O) groups is 1. The van der Waals surface area contributed by atoms with Crippen LogP contribution in [0.15, 0.2) is 42.5 Å². The molecule has 0 heterocycles. The molecule has 0 spiro atoms. The number of nitrogens with one attached hydrogen (secondary N) is 1. The third kappa shape index (κ3) is 3.65. The summed E-state index contributed by atoms with van der Waals surface area (Å²) in [6.45, 7) is 0. The van der Waals surface area contributed by atoms with Gasteiger partial charge in [0.2, 0.25) is 0 Å². The van der Waals surface area contributed by atoms with Crippen LogP contribution >= 0.6 is 23.2 Å². The van der Waals surface area contributed by atoms with Gasteiger partial charge < -0.3 is 10.1 Å². The molecule has 0 atom stereocenters. The monoisotopic (exact) mass is 309 g/mol. The van der Waals surface area contributed by atoms with Gasteiger partial charge in [-0.25, -0.2) is 0 Å². The standard InChI is InChI=1S/C15H13Cl2NO2/c1-20-14(19)9-10-5-7-11(8-6-10)18-13-4-2-3-12(16)15(13)17/h2-8,18H,9H2,1H3. The molecule has 0 radical (unpaired) electrons. The Morgan fingerprint density at radius 3 is 2.50 bits per heavy atom. The van der Waals surface area contributed by atoms with E-state index in [0.717, 1.165) is 16.9 Å². The molecule has 0 aliphatic heterocycles. The molecule has 1 N–H and O–H groups in total. The molecule has 0 aliphatic rings. The first-order valence-electron chi connectivity index (χ1n) is 5.97. The summed E-state index contributed by atoms with van der Waals surface area (Å²) in [5.74, 6) is -0.261. The van der Waals surface area contributed by atoms with Crippen LogP contribution in [0.1, 0.15) is 5.56 Å². The second-order valence-electron chi connectivity index (χ2n) is 4.18. The van der Waals surface area contributed by atoms with E-state index < -0.39 is 0 Å². The molecule has 0 unspecified atom stereocenters. The summed E-state index contributed by atoms with van der Waals surface area (Å²) in [5.41, 5.74) is 2.49. The lowest BCUT2D eigenvalue weighted by Gasteiger charge is -2.10. The SMILES string of the molecule is COC(=O)Cc1ccc(Nc2cccc(Cl)c2Cl)cc1. The Kier molecular flexibility index (Phi) is 4.88. The lowest BCUT2D eigenvalue weighted by atomic mass is 10.1. The zero-order valence-electron chi connectivity index (χ0n) is 10.8. The van der Waals surface area contributed by atoms with Crippen LogP contribution in [-0.4, -0.2) is 13.1 Å². The fraction of sp³-hybridized carbons (Fsp3) is 0.133. The van der Waals surface area contributed by atoms with E-state index in [2.05, 4.69) is 10.1 Å². The smallest absolute Gasteiger partial charge is 0.309 e. The number of hydrogen-bond donors (Lipinski definition) is 1. The highest BCUT2D eigenvalue weighted by Gasteiger charge is 2.05. The van der Waals surface area contributed by atoms with Crippen molar-refractivity contribution in [2.45, 2.75) is 6.42 Å². The Hall–Kier alpha value is -1.71. The number of carbonyl (C=O) groups excluding carboxylic acids is 1. The van der Waals surface area contributed by atoms with E-state index in [0.29, 0.717) is 10.0 Å². The summed E-state index contributed by atoms with van der Waals surface area (Å²) >= 11 is 12.1. The largest absolute Gasteiger partial charge is 0.469 e. The van der Waals surface area contributed by atoms with Gasteiger partial charge in [0, 0.05) is 5.69 Å². The zero-order valence-corrected chi connectivity index (χ0v) is 12.3. The van der Waals surface area contributed by atoms with Gasteiger partial charge in [0.1, 0.15) is 0 Å². The molecular formula is C15H13Cl2NO2. The van der Waals surface area contributed by atoms with E-state index in [-0.39, 0.29) is 12.4 Å². The van der Waals surface area contributed by atoms with Crippen LogP contribution in [0.2, 0.25) is 10.0 Å². The number of anilines is 2. The molecule has 0 saturated heterocycles. The molecule has 0 amide bonds. The molecule has 0 fully saturated rings. The van der Waals surface area contributed by atoms with Crippen molar-refractivity contribution in [2.24, 2.45) is 0 Å². The normalized spacial score (nSPS) is 10.2. The molecule has 2 aromatic carbocycles. The molecule has 2 aromatic rings. The van der Waals surface area contributed by atoms with Crippen molar-refractivity contribution < 1.29 is 9.53 Å². The lowest BCUT2D eigenvalue weighted by Crippen LogP contribution is -2.04. The predicted molar refractivity (Wildman–Crippen MR) is 81.9 cm³/mol. The molecule has 3 nitrogen and oxygen atoms in total. The number of esters is 1. The maximum absolute atomic E-state index is 11.2. The Labute approximate surface area is 127 Å². The van der Waals surface area contributed by atoms with Crippen LogP contribution in [0, 0.1) is 0 Å². The van der Waals surface area contributed by atoms with Gasteiger partial charge >= 0.3 is 5.97 Å². The van der Waals surface area contributed by atoms with Crippen LogP contribution in [0.4, 0.5) is 11.4 Å². The average molecular weight is 310 g/mol. The number of benzene rings is 2. The van der Waals surface area contributed by atoms with Crippen molar-refractivity contribution in [3.05, 3.63) is 58.1 Å². The third-order valence-corrected chi connectivity index (χ3v) is 3.58. The van der Waals surface area contributed by atoms with Crippen molar-refractivity contribution in [3.8, 4) is 0 Å². The highest BCUT2D eigenvalue weighted by molar-refractivity contribution is 6.43. The number of hydrogen-bond acceptors (Lipinski definition) is 3. The Bertz CT molecular complexity index is 612. The van der Waals surface area contributed by atoms with Gasteiger partial charge in [0.05, 0.1) is 29.3 Å². The summed E-state index contributed by atoms with van der Waals surface area (Å²) in [5, 5.41) is 4.15. The van der Waals surface area contributed by atoms with Gasteiger partial charge in [-0.2, -0.15) is 0 Å². The molecule has 20 heavy (non-hydrogen) atoms. The second kappa shape index (κ2) is 6.64. The number of halogens is 2. The van der Waals surface area contributed by atoms with E-state index in [9.17, 15) is 4.79 Å². The number of methoxy groups -OCH3 is 1. The molecule has 2 rings (SSSR count). The second-order valence-corrected chi connectivity index (χ2v) is 4.96. The van der Waals surface area contributed by atoms with E-state index >= 15 is 0 Å². The first-order chi connectivity index (χ1) is 9.60. The zero-order chi connectivity index (χ0) is 14.5. The van der Waals surface area contributed by atoms with Crippen LogP contribution in [0.3, 0.4) is 0 Å². The molecule has 0 bridgehead atoms. The molecule has 0 aromatic heterocycles. The van der Waals surface area contributed by atoms with Gasteiger partial charge in [-0.15, -0.1) is 0 Å². The van der Waals surface area contributed by atoms with Crippen molar-refractivity contribution in [1.29, 1.82) is 0 Å². The van der Waals surface area contributed by atoms with Crippen LogP contribution in [0.5, 0.6) is 0 Å². The summed E-state index contributed by atoms with van der Waals surface area (Å²) < 4.78 is 4.62. The molecule has 5 heteroatoms. The van der Waals surface area contributed by atoms with Crippen LogP contribution < -0.4 is 5.32 Å². The Morgan fingerprint density at radius 1 is 1.15 bits per heavy atom. The van der Waals surface area contributed by atoms with Gasteiger partial charge in [-0.3, -0.25) is 4.79 Å². The minimum absolute atomic E-state index is 0.259. The first-order valence-corrected chi connectivity index (χ1v) is 6.72. The van der Waals surface area contributed by atoms with Gasteiger partial charge in [0.25, 0.3) is 0 Å². The van der Waals surface area contributed by atoms with E-state index in [1.54, 1.807) is 6.07 Å². The van der Waals surface area contributed by atoms with Gasteiger partial charge in [0.15, 0.2) is 0 Å². The van der Waals surface area contributed by atoms with Crippen molar-refractivity contribution >= 4 is 40.5 Å². The van der Waals surface area contributed by atoms with Gasteiger partial charge in [-0.1, -0.05) is 41.4 Å². The fourth-order valence-electron chi connectivity index (χ4n) is 1.70. The summed E-state index contributed by atoms with van der Waals surface area (Å²) in [4.78, 5) is 11.2. The van der Waals surface area contributed by atoms with E-state index in [1.165, 1.54) is 7.11 Å². The van der Waals surface area contributed by atoms with Crippen LogP contribution in [-0.2, 0) is 16.0 Å². The topological polar surface area (TPSA) is 38.3 Å². The summed E-state index contributed by atoms with van der Waals surface area (Å²) in [6.07, 6.45) is 0.259. The van der Waals surface area contributed by atoms with E-state index in [1.807, 2.05) is 36.4 Å². The first kappa shape index (κ1) is 14.7. The number of rotatable bonds is 4. The number of ether oxygens (including phenoxy) is 1. The molecular weight excluding hydrogens is 297 g/mol. The minimum atomic E-state index is -0.261. The Balaban J connectivity index is 2.11. The van der Waals surface area contributed by atoms with Crippen molar-refractivity contribution in [2.75, 3.05) is 12.4 Å². The highest BCUT2D eigenvalue weighted by atomic mass is 35.5. The molecule has 0 aliphatic carbocycles. The maximum Gasteiger partial charge on any atom is 0.309 e. The molecule has 0 saturated carbocycles. The third-order valence-electron chi connectivity index (χ3n) is 2.76. The fourth-order valence-corrected chi connectivity index (χ4v) is 2.05. The van der Waals surface area contributed by atoms with Crippen molar-refractivity contribution in [3.63, 3.8) is 0 Å². The lowest BCUT2D eigenvalue weighted by molar-refractivity contribution is -0.139. The predicted octanol–water partition coefficient (Wildman–Crippen LogP) is 4.45. The summed E-state index contributed by atoms with van der Waals surface area (Å²) in [7, 11) is 1.37. The van der Waals surface area contributed by atoms with Crippen molar-refractivity contribution in [1.82, 2.24) is 0 Å². The minimum Gasteiger partial charge on any atom is -0.469 e. The highest BCUT2D eigenvalue weighted by Crippen LogP contribution is 2.31. The summed E-state index contributed by atoms with van der Waals surface area (Å²) in [6, 6.07) is 12.9. The quantitative estimate of drug-likeness (QED) is 0.848. The maximum atomic E-state index is 11.2. The van der Waals surface area contributed by atoms with E-state index in [4.69, 9.17) is 23.2 Å².